The maximum Gasteiger partial charge on any atom is 0.256 e. The maximum atomic E-state index is 13.2. The van der Waals surface area contributed by atoms with E-state index < -0.39 is 5.82 Å². The Morgan fingerprint density at radius 3 is 2.92 bits per heavy atom. The number of hydrogen-bond acceptors (Lipinski definition) is 3. The molecule has 24 heavy (non-hydrogen) atoms. The van der Waals surface area contributed by atoms with Crippen LogP contribution >= 0.6 is 0 Å². The lowest BCUT2D eigenvalue weighted by molar-refractivity contribution is 0.102. The largest absolute Gasteiger partial charge is 0.367 e. The number of rotatable bonds is 4. The summed E-state index contributed by atoms with van der Waals surface area (Å²) in [6, 6.07) is 9.97. The first-order chi connectivity index (χ1) is 11.7. The maximum absolute atomic E-state index is 13.2. The van der Waals surface area contributed by atoms with Crippen molar-refractivity contribution in [2.24, 2.45) is 0 Å². The van der Waals surface area contributed by atoms with E-state index >= 15 is 0 Å². The summed E-state index contributed by atoms with van der Waals surface area (Å²) in [6.07, 6.45) is 6.63. The van der Waals surface area contributed by atoms with E-state index in [9.17, 15) is 9.18 Å². The van der Waals surface area contributed by atoms with Crippen LogP contribution in [-0.4, -0.2) is 23.5 Å². The SMILES string of the molecule is CCC1CCCCN1c1ccc(NC(=O)c2cccc(F)c2)nc1. The zero-order valence-electron chi connectivity index (χ0n) is 13.8. The summed E-state index contributed by atoms with van der Waals surface area (Å²) in [6.45, 7) is 3.26. The van der Waals surface area contributed by atoms with E-state index in [1.165, 1.54) is 37.5 Å². The fourth-order valence-electron chi connectivity index (χ4n) is 3.21. The molecule has 2 heterocycles. The van der Waals surface area contributed by atoms with Gasteiger partial charge in [-0.05, 0) is 56.0 Å². The highest BCUT2D eigenvalue weighted by molar-refractivity contribution is 6.03. The third-order valence-corrected chi connectivity index (χ3v) is 4.51. The van der Waals surface area contributed by atoms with Gasteiger partial charge in [0.15, 0.2) is 0 Å². The molecule has 1 saturated heterocycles. The molecule has 1 unspecified atom stereocenters. The number of hydrogen-bond donors (Lipinski definition) is 1. The van der Waals surface area contributed by atoms with Crippen molar-refractivity contribution in [2.75, 3.05) is 16.8 Å². The van der Waals surface area contributed by atoms with Crippen LogP contribution in [0.4, 0.5) is 15.9 Å². The second kappa shape index (κ2) is 7.43. The number of piperidine rings is 1. The monoisotopic (exact) mass is 327 g/mol. The number of aromatic nitrogens is 1. The van der Waals surface area contributed by atoms with Crippen molar-refractivity contribution in [3.8, 4) is 0 Å². The van der Waals surface area contributed by atoms with Gasteiger partial charge in [0, 0.05) is 18.2 Å². The summed E-state index contributed by atoms with van der Waals surface area (Å²) >= 11 is 0. The Labute approximate surface area is 141 Å². The van der Waals surface area contributed by atoms with E-state index in [0.717, 1.165) is 18.7 Å². The third-order valence-electron chi connectivity index (χ3n) is 4.51. The van der Waals surface area contributed by atoms with E-state index in [1.807, 2.05) is 6.07 Å². The highest BCUT2D eigenvalue weighted by atomic mass is 19.1. The Morgan fingerprint density at radius 2 is 2.21 bits per heavy atom. The van der Waals surface area contributed by atoms with Crippen LogP contribution in [0.25, 0.3) is 0 Å². The van der Waals surface area contributed by atoms with Crippen LogP contribution in [0.1, 0.15) is 43.0 Å². The number of nitrogens with one attached hydrogen (secondary N) is 1. The molecule has 126 valence electrons. The summed E-state index contributed by atoms with van der Waals surface area (Å²) in [5.41, 5.74) is 1.37. The lowest BCUT2D eigenvalue weighted by Crippen LogP contribution is -2.39. The zero-order chi connectivity index (χ0) is 16.9. The van der Waals surface area contributed by atoms with Gasteiger partial charge in [-0.3, -0.25) is 4.79 Å². The normalized spacial score (nSPS) is 17.6. The number of nitrogens with zero attached hydrogens (tertiary/aromatic N) is 2. The van der Waals surface area contributed by atoms with Crippen molar-refractivity contribution in [3.63, 3.8) is 0 Å². The summed E-state index contributed by atoms with van der Waals surface area (Å²) in [5, 5.41) is 2.71. The summed E-state index contributed by atoms with van der Waals surface area (Å²) in [7, 11) is 0. The molecule has 5 heteroatoms. The van der Waals surface area contributed by atoms with Crippen molar-refractivity contribution in [1.82, 2.24) is 4.98 Å². The van der Waals surface area contributed by atoms with Crippen LogP contribution in [0.5, 0.6) is 0 Å². The van der Waals surface area contributed by atoms with E-state index in [0.29, 0.717) is 11.9 Å². The Balaban J connectivity index is 1.69. The number of halogens is 1. The van der Waals surface area contributed by atoms with Crippen molar-refractivity contribution in [1.29, 1.82) is 0 Å². The van der Waals surface area contributed by atoms with Gasteiger partial charge >= 0.3 is 0 Å². The molecule has 0 radical (unpaired) electrons. The smallest absolute Gasteiger partial charge is 0.256 e. The molecule has 1 aromatic heterocycles. The van der Waals surface area contributed by atoms with Crippen LogP contribution in [0.3, 0.4) is 0 Å². The van der Waals surface area contributed by atoms with Gasteiger partial charge in [0.25, 0.3) is 5.91 Å². The van der Waals surface area contributed by atoms with Crippen LogP contribution < -0.4 is 10.2 Å². The molecule has 1 aromatic carbocycles. The molecular weight excluding hydrogens is 305 g/mol. The van der Waals surface area contributed by atoms with Gasteiger partial charge in [-0.15, -0.1) is 0 Å². The number of carbonyl (C=O) groups excluding carboxylic acids is 1. The van der Waals surface area contributed by atoms with Gasteiger partial charge in [0.1, 0.15) is 11.6 Å². The van der Waals surface area contributed by atoms with E-state index in [1.54, 1.807) is 18.3 Å². The molecule has 2 aromatic rings. The van der Waals surface area contributed by atoms with Crippen LogP contribution in [0.15, 0.2) is 42.6 Å². The molecule has 4 nitrogen and oxygen atoms in total. The first-order valence-corrected chi connectivity index (χ1v) is 8.47. The second-order valence-corrected chi connectivity index (χ2v) is 6.12. The lowest BCUT2D eigenvalue weighted by atomic mass is 9.99. The fraction of sp³-hybridized carbons (Fsp3) is 0.368. The number of anilines is 2. The van der Waals surface area contributed by atoms with Crippen molar-refractivity contribution >= 4 is 17.4 Å². The molecule has 1 fully saturated rings. The minimum Gasteiger partial charge on any atom is -0.367 e. The quantitative estimate of drug-likeness (QED) is 0.913. The molecule has 0 bridgehead atoms. The number of carbonyl (C=O) groups is 1. The predicted octanol–water partition coefficient (Wildman–Crippen LogP) is 4.24. The number of benzene rings is 1. The number of pyridine rings is 1. The minimum atomic E-state index is -0.429. The molecule has 1 amide bonds. The molecule has 0 spiro atoms. The van der Waals surface area contributed by atoms with E-state index in [2.05, 4.69) is 22.1 Å². The van der Waals surface area contributed by atoms with Crippen LogP contribution in [0, 0.1) is 5.82 Å². The number of amides is 1. The molecule has 1 aliphatic rings. The van der Waals surface area contributed by atoms with Crippen LogP contribution in [0.2, 0.25) is 0 Å². The second-order valence-electron chi connectivity index (χ2n) is 6.12. The Morgan fingerprint density at radius 1 is 1.33 bits per heavy atom. The zero-order valence-corrected chi connectivity index (χ0v) is 13.8. The highest BCUT2D eigenvalue weighted by Crippen LogP contribution is 2.26. The van der Waals surface area contributed by atoms with E-state index in [4.69, 9.17) is 0 Å². The van der Waals surface area contributed by atoms with Crippen molar-refractivity contribution in [2.45, 2.75) is 38.6 Å². The molecular formula is C19H22FN3O. The van der Waals surface area contributed by atoms with Gasteiger partial charge < -0.3 is 10.2 Å². The standard InChI is InChI=1S/C19H22FN3O/c1-2-16-8-3-4-11-23(16)17-9-10-18(21-13-17)22-19(24)14-6-5-7-15(20)12-14/h5-7,9-10,12-13,16H,2-4,8,11H2,1H3,(H,21,22,24). The highest BCUT2D eigenvalue weighted by Gasteiger charge is 2.21. The summed E-state index contributed by atoms with van der Waals surface area (Å²) in [5.74, 6) is -0.320. The fourth-order valence-corrected chi connectivity index (χ4v) is 3.21. The average Bonchev–Trinajstić information content (AvgIpc) is 2.62. The first kappa shape index (κ1) is 16.4. The molecule has 3 rings (SSSR count). The topological polar surface area (TPSA) is 45.2 Å². The van der Waals surface area contributed by atoms with Crippen molar-refractivity contribution < 1.29 is 9.18 Å². The summed E-state index contributed by atoms with van der Waals surface area (Å²) in [4.78, 5) is 18.9. The minimum absolute atomic E-state index is 0.281. The van der Waals surface area contributed by atoms with Crippen LogP contribution in [-0.2, 0) is 0 Å². The Hall–Kier alpha value is -2.43. The first-order valence-electron chi connectivity index (χ1n) is 8.47. The van der Waals surface area contributed by atoms with Gasteiger partial charge in [-0.1, -0.05) is 13.0 Å². The molecule has 0 saturated carbocycles. The Kier molecular flexibility index (Phi) is 5.08. The summed E-state index contributed by atoms with van der Waals surface area (Å²) < 4.78 is 13.2. The molecule has 0 aliphatic carbocycles. The van der Waals surface area contributed by atoms with Gasteiger partial charge in [0.05, 0.1) is 11.9 Å². The van der Waals surface area contributed by atoms with Gasteiger partial charge in [-0.2, -0.15) is 0 Å². The van der Waals surface area contributed by atoms with Crippen molar-refractivity contribution in [3.05, 3.63) is 54.0 Å². The Bertz CT molecular complexity index is 702. The third kappa shape index (κ3) is 3.72. The molecule has 1 atom stereocenters. The van der Waals surface area contributed by atoms with Gasteiger partial charge in [-0.25, -0.2) is 9.37 Å². The molecule has 1 aliphatic heterocycles. The van der Waals surface area contributed by atoms with E-state index in [-0.39, 0.29) is 11.5 Å². The average molecular weight is 327 g/mol. The lowest BCUT2D eigenvalue weighted by Gasteiger charge is -2.37. The van der Waals surface area contributed by atoms with Gasteiger partial charge in [0.2, 0.25) is 0 Å². The molecule has 1 N–H and O–H groups in total. The predicted molar refractivity (Wildman–Crippen MR) is 93.9 cm³/mol.